The van der Waals surface area contributed by atoms with Gasteiger partial charge in [-0.1, -0.05) is 34.8 Å². The molecular formula is C9H9Cl3N2O2. The summed E-state index contributed by atoms with van der Waals surface area (Å²) >= 11 is 17.4. The number of hydroxylamine groups is 1. The standard InChI is InChI=1S/C9H9Cl3N2O2/c10-5-3-6(8(12)7(11)4-5)9(15)13-1-2-14-16/h3-4,14,16H,1-2H2,(H,13,15). The van der Waals surface area contributed by atoms with Crippen LogP contribution in [-0.2, 0) is 0 Å². The van der Waals surface area contributed by atoms with Gasteiger partial charge in [-0.15, -0.1) is 0 Å². The van der Waals surface area contributed by atoms with Crippen molar-refractivity contribution >= 4 is 40.7 Å². The number of amides is 1. The molecule has 4 nitrogen and oxygen atoms in total. The molecule has 0 fully saturated rings. The summed E-state index contributed by atoms with van der Waals surface area (Å²) < 4.78 is 0. The molecule has 0 saturated heterocycles. The van der Waals surface area contributed by atoms with E-state index in [1.165, 1.54) is 12.1 Å². The van der Waals surface area contributed by atoms with Crippen LogP contribution < -0.4 is 10.8 Å². The number of carbonyl (C=O) groups is 1. The van der Waals surface area contributed by atoms with E-state index in [-0.39, 0.29) is 28.7 Å². The van der Waals surface area contributed by atoms with Crippen LogP contribution in [0.15, 0.2) is 12.1 Å². The molecule has 1 aromatic carbocycles. The minimum absolute atomic E-state index is 0.153. The van der Waals surface area contributed by atoms with Crippen molar-refractivity contribution in [3.63, 3.8) is 0 Å². The van der Waals surface area contributed by atoms with E-state index >= 15 is 0 Å². The van der Waals surface area contributed by atoms with Gasteiger partial charge in [0.1, 0.15) is 0 Å². The second-order valence-electron chi connectivity index (χ2n) is 2.91. The summed E-state index contributed by atoms with van der Waals surface area (Å²) in [7, 11) is 0. The molecule has 0 aliphatic carbocycles. The average Bonchev–Trinajstić information content (AvgIpc) is 2.23. The number of carbonyl (C=O) groups excluding carboxylic acids is 1. The zero-order chi connectivity index (χ0) is 12.1. The molecule has 0 saturated carbocycles. The lowest BCUT2D eigenvalue weighted by Crippen LogP contribution is -2.30. The molecule has 0 atom stereocenters. The van der Waals surface area contributed by atoms with Gasteiger partial charge in [0.2, 0.25) is 0 Å². The number of halogens is 3. The van der Waals surface area contributed by atoms with Gasteiger partial charge in [0.15, 0.2) is 0 Å². The van der Waals surface area contributed by atoms with Gasteiger partial charge < -0.3 is 10.5 Å². The second kappa shape index (κ2) is 6.27. The van der Waals surface area contributed by atoms with E-state index in [0.29, 0.717) is 5.02 Å². The molecule has 0 unspecified atom stereocenters. The largest absolute Gasteiger partial charge is 0.351 e. The smallest absolute Gasteiger partial charge is 0.252 e. The van der Waals surface area contributed by atoms with Gasteiger partial charge in [-0.3, -0.25) is 4.79 Å². The van der Waals surface area contributed by atoms with Gasteiger partial charge in [0.25, 0.3) is 5.91 Å². The summed E-state index contributed by atoms with van der Waals surface area (Å²) in [5.74, 6) is -0.398. The summed E-state index contributed by atoms with van der Waals surface area (Å²) in [5, 5.41) is 11.6. The Hall–Kier alpha value is -0.520. The Morgan fingerprint density at radius 3 is 2.56 bits per heavy atom. The third-order valence-electron chi connectivity index (χ3n) is 1.76. The maximum atomic E-state index is 11.6. The zero-order valence-corrected chi connectivity index (χ0v) is 10.3. The van der Waals surface area contributed by atoms with Crippen LogP contribution in [0.2, 0.25) is 15.1 Å². The van der Waals surface area contributed by atoms with Crippen molar-refractivity contribution in [1.82, 2.24) is 10.8 Å². The summed E-state index contributed by atoms with van der Waals surface area (Å²) in [6, 6.07) is 2.88. The highest BCUT2D eigenvalue weighted by Gasteiger charge is 2.13. The fourth-order valence-corrected chi connectivity index (χ4v) is 1.74. The normalized spacial score (nSPS) is 10.2. The lowest BCUT2D eigenvalue weighted by Gasteiger charge is -2.07. The van der Waals surface area contributed by atoms with Crippen LogP contribution in [0.25, 0.3) is 0 Å². The van der Waals surface area contributed by atoms with Crippen molar-refractivity contribution in [1.29, 1.82) is 0 Å². The fourth-order valence-electron chi connectivity index (χ4n) is 1.05. The van der Waals surface area contributed by atoms with E-state index < -0.39 is 5.91 Å². The second-order valence-corrected chi connectivity index (χ2v) is 4.13. The number of hydrogen-bond donors (Lipinski definition) is 3. The molecule has 0 heterocycles. The van der Waals surface area contributed by atoms with Crippen molar-refractivity contribution < 1.29 is 10.0 Å². The predicted molar refractivity (Wildman–Crippen MR) is 63.6 cm³/mol. The van der Waals surface area contributed by atoms with Crippen molar-refractivity contribution in [2.75, 3.05) is 13.1 Å². The van der Waals surface area contributed by atoms with Gasteiger partial charge in [0.05, 0.1) is 15.6 Å². The number of rotatable bonds is 4. The third-order valence-corrected chi connectivity index (χ3v) is 2.78. The molecule has 88 valence electrons. The van der Waals surface area contributed by atoms with Crippen LogP contribution in [0, 0.1) is 0 Å². The van der Waals surface area contributed by atoms with Crippen LogP contribution in [0.5, 0.6) is 0 Å². The van der Waals surface area contributed by atoms with Crippen LogP contribution in [0.1, 0.15) is 10.4 Å². The van der Waals surface area contributed by atoms with Gasteiger partial charge >= 0.3 is 0 Å². The van der Waals surface area contributed by atoms with Crippen LogP contribution >= 0.6 is 34.8 Å². The first-order valence-corrected chi connectivity index (χ1v) is 5.49. The molecule has 1 amide bonds. The quantitative estimate of drug-likeness (QED) is 0.451. The molecule has 7 heteroatoms. The Labute approximate surface area is 107 Å². The highest BCUT2D eigenvalue weighted by molar-refractivity contribution is 6.45. The molecule has 1 aromatic rings. The molecule has 0 aliphatic heterocycles. The van der Waals surface area contributed by atoms with Crippen molar-refractivity contribution in [3.8, 4) is 0 Å². The maximum absolute atomic E-state index is 11.6. The highest BCUT2D eigenvalue weighted by Crippen LogP contribution is 2.29. The zero-order valence-electron chi connectivity index (χ0n) is 8.06. The summed E-state index contributed by atoms with van der Waals surface area (Å²) in [6.07, 6.45) is 0. The van der Waals surface area contributed by atoms with Crippen molar-refractivity contribution in [2.45, 2.75) is 0 Å². The Bertz CT molecular complexity index is 399. The van der Waals surface area contributed by atoms with Gasteiger partial charge in [0, 0.05) is 18.1 Å². The van der Waals surface area contributed by atoms with Crippen molar-refractivity contribution in [2.24, 2.45) is 0 Å². The Morgan fingerprint density at radius 2 is 1.94 bits per heavy atom. The Morgan fingerprint density at radius 1 is 1.25 bits per heavy atom. The third kappa shape index (κ3) is 3.50. The monoisotopic (exact) mass is 282 g/mol. The predicted octanol–water partition coefficient (Wildman–Crippen LogP) is 2.36. The van der Waals surface area contributed by atoms with Crippen LogP contribution in [0.3, 0.4) is 0 Å². The molecular weight excluding hydrogens is 274 g/mol. The van der Waals surface area contributed by atoms with E-state index in [2.05, 4.69) is 5.32 Å². The first-order valence-electron chi connectivity index (χ1n) is 4.36. The topological polar surface area (TPSA) is 61.4 Å². The molecule has 3 N–H and O–H groups in total. The summed E-state index contributed by atoms with van der Waals surface area (Å²) in [4.78, 5) is 11.6. The van der Waals surface area contributed by atoms with E-state index in [1.807, 2.05) is 5.48 Å². The van der Waals surface area contributed by atoms with Crippen LogP contribution in [0.4, 0.5) is 0 Å². The number of benzene rings is 1. The van der Waals surface area contributed by atoms with Crippen LogP contribution in [-0.4, -0.2) is 24.2 Å². The first kappa shape index (κ1) is 13.5. The molecule has 16 heavy (non-hydrogen) atoms. The lowest BCUT2D eigenvalue weighted by atomic mass is 10.2. The molecule has 0 aromatic heterocycles. The lowest BCUT2D eigenvalue weighted by molar-refractivity contribution is 0.0945. The highest BCUT2D eigenvalue weighted by atomic mass is 35.5. The molecule has 0 aliphatic rings. The fraction of sp³-hybridized carbons (Fsp3) is 0.222. The van der Waals surface area contributed by atoms with Gasteiger partial charge in [-0.25, -0.2) is 5.48 Å². The van der Waals surface area contributed by atoms with Gasteiger partial charge in [-0.05, 0) is 12.1 Å². The molecule has 1 rings (SSSR count). The maximum Gasteiger partial charge on any atom is 0.252 e. The summed E-state index contributed by atoms with van der Waals surface area (Å²) in [5.41, 5.74) is 2.12. The number of nitrogens with one attached hydrogen (secondary N) is 2. The van der Waals surface area contributed by atoms with E-state index in [4.69, 9.17) is 40.0 Å². The van der Waals surface area contributed by atoms with Gasteiger partial charge in [-0.2, -0.15) is 0 Å². The van der Waals surface area contributed by atoms with Crippen molar-refractivity contribution in [3.05, 3.63) is 32.8 Å². The molecule has 0 radical (unpaired) electrons. The number of hydrogen-bond acceptors (Lipinski definition) is 3. The first-order chi connectivity index (χ1) is 7.56. The minimum Gasteiger partial charge on any atom is -0.351 e. The molecule has 0 bridgehead atoms. The Balaban J connectivity index is 2.82. The minimum atomic E-state index is -0.398. The van der Waals surface area contributed by atoms with E-state index in [1.54, 1.807) is 0 Å². The summed E-state index contributed by atoms with van der Waals surface area (Å²) in [6.45, 7) is 0.494. The average molecular weight is 284 g/mol. The van der Waals surface area contributed by atoms with E-state index in [0.717, 1.165) is 0 Å². The van der Waals surface area contributed by atoms with E-state index in [9.17, 15) is 4.79 Å². The Kier molecular flexibility index (Phi) is 5.31. The SMILES string of the molecule is O=C(NCCNO)c1cc(Cl)cc(Cl)c1Cl. The molecule has 0 spiro atoms.